The highest BCUT2D eigenvalue weighted by Gasteiger charge is 2.38. The zero-order valence-corrected chi connectivity index (χ0v) is 13.3. The van der Waals surface area contributed by atoms with E-state index in [0.717, 1.165) is 25.0 Å². The SMILES string of the molecule is CC(C)(O)C1CCCN1C(=O)CCC(=O)c1ccc(F)cc1F. The highest BCUT2D eigenvalue weighted by molar-refractivity contribution is 5.98. The molecule has 1 aliphatic rings. The number of rotatable bonds is 5. The Morgan fingerprint density at radius 2 is 2.00 bits per heavy atom. The van der Waals surface area contributed by atoms with Gasteiger partial charge in [-0.15, -0.1) is 0 Å². The number of aliphatic hydroxyl groups is 1. The molecular weight excluding hydrogens is 304 g/mol. The predicted octanol–water partition coefficient (Wildman–Crippen LogP) is 2.69. The maximum Gasteiger partial charge on any atom is 0.223 e. The molecule has 1 saturated heterocycles. The van der Waals surface area contributed by atoms with Crippen LogP contribution in [0.25, 0.3) is 0 Å². The Hall–Kier alpha value is -1.82. The Morgan fingerprint density at radius 3 is 2.61 bits per heavy atom. The number of nitrogens with zero attached hydrogens (tertiary/aromatic N) is 1. The standard InChI is InChI=1S/C17H21F2NO3/c1-17(2,23)15-4-3-9-20(15)16(22)8-7-14(21)12-6-5-11(18)10-13(12)19/h5-6,10,15,23H,3-4,7-9H2,1-2H3. The summed E-state index contributed by atoms with van der Waals surface area (Å²) in [5.41, 5.74) is -1.21. The number of benzene rings is 1. The highest BCUT2D eigenvalue weighted by atomic mass is 19.1. The van der Waals surface area contributed by atoms with Gasteiger partial charge in [0.1, 0.15) is 11.6 Å². The predicted molar refractivity (Wildman–Crippen MR) is 81.0 cm³/mol. The number of halogens is 2. The van der Waals surface area contributed by atoms with Crippen molar-refractivity contribution in [2.75, 3.05) is 6.54 Å². The van der Waals surface area contributed by atoms with Gasteiger partial charge in [-0.05, 0) is 38.8 Å². The second-order valence-electron chi connectivity index (χ2n) is 6.45. The maximum absolute atomic E-state index is 13.6. The van der Waals surface area contributed by atoms with Crippen molar-refractivity contribution in [1.82, 2.24) is 4.90 Å². The molecule has 126 valence electrons. The second-order valence-corrected chi connectivity index (χ2v) is 6.45. The number of Topliss-reactive ketones (excluding diaryl/α,β-unsaturated/α-hetero) is 1. The lowest BCUT2D eigenvalue weighted by molar-refractivity contribution is -0.136. The molecule has 2 rings (SSSR count). The highest BCUT2D eigenvalue weighted by Crippen LogP contribution is 2.27. The van der Waals surface area contributed by atoms with Crippen molar-refractivity contribution in [2.24, 2.45) is 0 Å². The van der Waals surface area contributed by atoms with E-state index < -0.39 is 23.0 Å². The smallest absolute Gasteiger partial charge is 0.223 e. The maximum atomic E-state index is 13.6. The van der Waals surface area contributed by atoms with Crippen molar-refractivity contribution < 1.29 is 23.5 Å². The first-order chi connectivity index (χ1) is 10.7. The molecule has 1 heterocycles. The van der Waals surface area contributed by atoms with Gasteiger partial charge in [-0.1, -0.05) is 0 Å². The van der Waals surface area contributed by atoms with E-state index in [-0.39, 0.29) is 30.4 Å². The van der Waals surface area contributed by atoms with E-state index in [1.165, 1.54) is 0 Å². The lowest BCUT2D eigenvalue weighted by Crippen LogP contribution is -2.48. The summed E-state index contributed by atoms with van der Waals surface area (Å²) < 4.78 is 26.4. The van der Waals surface area contributed by atoms with Crippen molar-refractivity contribution in [2.45, 2.75) is 51.2 Å². The third-order valence-corrected chi connectivity index (χ3v) is 4.19. The van der Waals surface area contributed by atoms with Gasteiger partial charge >= 0.3 is 0 Å². The summed E-state index contributed by atoms with van der Waals surface area (Å²) in [5, 5.41) is 10.1. The van der Waals surface area contributed by atoms with Gasteiger partial charge in [0.25, 0.3) is 0 Å². The van der Waals surface area contributed by atoms with Crippen LogP contribution in [0, 0.1) is 11.6 Å². The molecular formula is C17H21F2NO3. The first-order valence-corrected chi connectivity index (χ1v) is 7.70. The summed E-state index contributed by atoms with van der Waals surface area (Å²) in [6, 6.07) is 2.49. The zero-order chi connectivity index (χ0) is 17.2. The Balaban J connectivity index is 1.97. The number of hydrogen-bond donors (Lipinski definition) is 1. The molecule has 0 aliphatic carbocycles. The fourth-order valence-corrected chi connectivity index (χ4v) is 3.01. The van der Waals surface area contributed by atoms with Gasteiger partial charge < -0.3 is 10.0 Å². The van der Waals surface area contributed by atoms with Crippen molar-refractivity contribution in [3.8, 4) is 0 Å². The second kappa shape index (κ2) is 6.74. The minimum absolute atomic E-state index is 0.0533. The minimum Gasteiger partial charge on any atom is -0.388 e. The lowest BCUT2D eigenvalue weighted by Gasteiger charge is -2.33. The normalized spacial score (nSPS) is 18.3. The van der Waals surface area contributed by atoms with Crippen LogP contribution in [0.5, 0.6) is 0 Å². The van der Waals surface area contributed by atoms with E-state index in [0.29, 0.717) is 12.6 Å². The van der Waals surface area contributed by atoms with Crippen LogP contribution in [0.2, 0.25) is 0 Å². The van der Waals surface area contributed by atoms with Crippen molar-refractivity contribution in [1.29, 1.82) is 0 Å². The fourth-order valence-electron chi connectivity index (χ4n) is 3.01. The van der Waals surface area contributed by atoms with Gasteiger partial charge in [0.05, 0.1) is 17.2 Å². The van der Waals surface area contributed by atoms with Crippen LogP contribution in [-0.2, 0) is 4.79 Å². The molecule has 1 aliphatic heterocycles. The Bertz CT molecular complexity index is 610. The molecule has 1 aromatic rings. The quantitative estimate of drug-likeness (QED) is 0.847. The summed E-state index contributed by atoms with van der Waals surface area (Å²) in [7, 11) is 0. The zero-order valence-electron chi connectivity index (χ0n) is 13.3. The molecule has 1 amide bonds. The number of amides is 1. The van der Waals surface area contributed by atoms with Gasteiger partial charge in [0.15, 0.2) is 5.78 Å². The molecule has 23 heavy (non-hydrogen) atoms. The summed E-state index contributed by atoms with van der Waals surface area (Å²) in [4.78, 5) is 25.9. The largest absolute Gasteiger partial charge is 0.388 e. The number of likely N-dealkylation sites (tertiary alicyclic amines) is 1. The van der Waals surface area contributed by atoms with Crippen LogP contribution in [0.15, 0.2) is 18.2 Å². The molecule has 1 unspecified atom stereocenters. The van der Waals surface area contributed by atoms with E-state index in [4.69, 9.17) is 0 Å². The van der Waals surface area contributed by atoms with Gasteiger partial charge in [0.2, 0.25) is 5.91 Å². The summed E-state index contributed by atoms with van der Waals surface area (Å²) >= 11 is 0. The summed E-state index contributed by atoms with van der Waals surface area (Å²) in [5.74, 6) is -2.43. The molecule has 1 atom stereocenters. The molecule has 1 fully saturated rings. The fraction of sp³-hybridized carbons (Fsp3) is 0.529. The van der Waals surface area contributed by atoms with Gasteiger partial charge in [0, 0.05) is 25.5 Å². The molecule has 1 aromatic carbocycles. The van der Waals surface area contributed by atoms with Crippen LogP contribution in [0.4, 0.5) is 8.78 Å². The third kappa shape index (κ3) is 4.13. The monoisotopic (exact) mass is 325 g/mol. The van der Waals surface area contributed by atoms with E-state index in [2.05, 4.69) is 0 Å². The van der Waals surface area contributed by atoms with Crippen molar-refractivity contribution >= 4 is 11.7 Å². The average Bonchev–Trinajstić information content (AvgIpc) is 2.94. The van der Waals surface area contributed by atoms with Crippen LogP contribution in [0.1, 0.15) is 49.9 Å². The number of hydrogen-bond acceptors (Lipinski definition) is 3. The van der Waals surface area contributed by atoms with Crippen LogP contribution >= 0.6 is 0 Å². The number of carbonyl (C=O) groups is 2. The van der Waals surface area contributed by atoms with E-state index >= 15 is 0 Å². The Labute approximate surface area is 134 Å². The third-order valence-electron chi connectivity index (χ3n) is 4.19. The van der Waals surface area contributed by atoms with Crippen LogP contribution in [0.3, 0.4) is 0 Å². The molecule has 6 heteroatoms. The molecule has 0 spiro atoms. The van der Waals surface area contributed by atoms with Crippen LogP contribution in [-0.4, -0.2) is 39.9 Å². The number of carbonyl (C=O) groups excluding carboxylic acids is 2. The van der Waals surface area contributed by atoms with Gasteiger partial charge in [-0.2, -0.15) is 0 Å². The first kappa shape index (κ1) is 17.5. The summed E-state index contributed by atoms with van der Waals surface area (Å²) in [6.45, 7) is 3.86. The molecule has 0 bridgehead atoms. The first-order valence-electron chi connectivity index (χ1n) is 7.70. The topological polar surface area (TPSA) is 57.6 Å². The molecule has 0 aromatic heterocycles. The molecule has 0 radical (unpaired) electrons. The minimum atomic E-state index is -1.00. The van der Waals surface area contributed by atoms with Gasteiger partial charge in [-0.25, -0.2) is 8.78 Å². The molecule has 4 nitrogen and oxygen atoms in total. The molecule has 1 N–H and O–H groups in total. The van der Waals surface area contributed by atoms with E-state index in [1.54, 1.807) is 18.7 Å². The molecule has 0 saturated carbocycles. The Morgan fingerprint density at radius 1 is 1.30 bits per heavy atom. The van der Waals surface area contributed by atoms with E-state index in [1.807, 2.05) is 0 Å². The average molecular weight is 325 g/mol. The van der Waals surface area contributed by atoms with Crippen molar-refractivity contribution in [3.05, 3.63) is 35.4 Å². The number of ketones is 1. The van der Waals surface area contributed by atoms with Gasteiger partial charge in [-0.3, -0.25) is 9.59 Å². The van der Waals surface area contributed by atoms with Crippen LogP contribution < -0.4 is 0 Å². The lowest BCUT2D eigenvalue weighted by atomic mass is 9.96. The van der Waals surface area contributed by atoms with Crippen molar-refractivity contribution in [3.63, 3.8) is 0 Å². The van der Waals surface area contributed by atoms with E-state index in [9.17, 15) is 23.5 Å². The Kier molecular flexibility index (Phi) is 5.14. The summed E-state index contributed by atoms with van der Waals surface area (Å²) in [6.07, 6.45) is 1.33.